The third kappa shape index (κ3) is 2.17. The summed E-state index contributed by atoms with van der Waals surface area (Å²) in [5, 5.41) is 0. The van der Waals surface area contributed by atoms with Crippen LogP contribution in [0.2, 0.25) is 0 Å². The van der Waals surface area contributed by atoms with Crippen LogP contribution in [0.4, 0.5) is 0 Å². The summed E-state index contributed by atoms with van der Waals surface area (Å²) in [7, 11) is 0. The fourth-order valence-corrected chi connectivity index (χ4v) is 3.77. The predicted octanol–water partition coefficient (Wildman–Crippen LogP) is 5.80. The van der Waals surface area contributed by atoms with Crippen molar-refractivity contribution in [2.24, 2.45) is 0 Å². The number of hydrogen-bond acceptors (Lipinski definition) is 2. The molecule has 0 saturated heterocycles. The van der Waals surface area contributed by atoms with Gasteiger partial charge in [-0.25, -0.2) is 0 Å². The predicted molar refractivity (Wildman–Crippen MR) is 100.0 cm³/mol. The molecule has 0 spiro atoms. The van der Waals surface area contributed by atoms with E-state index < -0.39 is 0 Å². The molecule has 1 nitrogen and oxygen atoms in total. The Labute approximate surface area is 142 Å². The third-order valence-corrected chi connectivity index (χ3v) is 4.92. The fraction of sp³-hybridized carbons (Fsp3) is 0.143. The van der Waals surface area contributed by atoms with E-state index in [0.717, 1.165) is 11.3 Å². The average molecular weight is 318 g/mol. The first-order chi connectivity index (χ1) is 11.2. The van der Waals surface area contributed by atoms with Crippen molar-refractivity contribution in [1.82, 2.24) is 0 Å². The van der Waals surface area contributed by atoms with E-state index in [4.69, 9.17) is 4.18 Å². The van der Waals surface area contributed by atoms with Crippen molar-refractivity contribution >= 4 is 18.5 Å². The first-order valence-electron chi connectivity index (χ1n) is 7.82. The summed E-state index contributed by atoms with van der Waals surface area (Å²) in [5.41, 5.74) is 9.06. The van der Waals surface area contributed by atoms with Crippen molar-refractivity contribution in [1.29, 1.82) is 0 Å². The lowest BCUT2D eigenvalue weighted by atomic mass is 9.67. The smallest absolute Gasteiger partial charge is 0.144 e. The first-order valence-corrected chi connectivity index (χ1v) is 8.18. The summed E-state index contributed by atoms with van der Waals surface area (Å²) in [6, 6.07) is 10.6. The molecule has 0 heterocycles. The highest BCUT2D eigenvalue weighted by molar-refractivity contribution is 7.75. The van der Waals surface area contributed by atoms with Gasteiger partial charge in [0.15, 0.2) is 0 Å². The Kier molecular flexibility index (Phi) is 3.42. The zero-order valence-corrected chi connectivity index (χ0v) is 14.1. The zero-order chi connectivity index (χ0) is 16.0. The molecule has 1 atom stereocenters. The molecule has 2 heteroatoms. The van der Waals surface area contributed by atoms with Crippen LogP contribution < -0.4 is 4.18 Å². The largest absolute Gasteiger partial charge is 0.428 e. The van der Waals surface area contributed by atoms with Gasteiger partial charge in [-0.15, -0.1) is 0 Å². The summed E-state index contributed by atoms with van der Waals surface area (Å²) >= 11 is 4.04. The number of allylic oxidation sites excluding steroid dienone is 6. The average Bonchev–Trinajstić information content (AvgIpc) is 2.74. The molecule has 4 rings (SSSR count). The molecule has 114 valence electrons. The number of benzene rings is 2. The van der Waals surface area contributed by atoms with Crippen molar-refractivity contribution in [3.63, 3.8) is 0 Å². The molecule has 23 heavy (non-hydrogen) atoms. The second-order valence-electron chi connectivity index (χ2n) is 6.18. The molecular formula is C21H18OS. The molecule has 0 amide bonds. The molecule has 0 aliphatic heterocycles. The maximum Gasteiger partial charge on any atom is 0.144 e. The van der Waals surface area contributed by atoms with Crippen LogP contribution in [-0.4, -0.2) is 0 Å². The Morgan fingerprint density at radius 2 is 1.83 bits per heavy atom. The summed E-state index contributed by atoms with van der Waals surface area (Å²) in [6.45, 7) is 4.29. The van der Waals surface area contributed by atoms with Gasteiger partial charge in [0.05, 0.1) is 0 Å². The molecule has 0 radical (unpaired) electrons. The molecule has 2 aromatic rings. The van der Waals surface area contributed by atoms with Gasteiger partial charge in [0.25, 0.3) is 0 Å². The van der Waals surface area contributed by atoms with Crippen molar-refractivity contribution in [2.45, 2.75) is 19.8 Å². The Balaban J connectivity index is 1.99. The van der Waals surface area contributed by atoms with Crippen LogP contribution in [0.25, 0.3) is 16.7 Å². The van der Waals surface area contributed by atoms with E-state index in [1.807, 2.05) is 6.07 Å². The molecule has 2 aromatic carbocycles. The van der Waals surface area contributed by atoms with E-state index >= 15 is 0 Å². The monoisotopic (exact) mass is 318 g/mol. The topological polar surface area (TPSA) is 9.23 Å². The standard InChI is InChI=1S/C21H18OS/c1-13-8-11-19(22-23)18(12-13)17-10-9-14(2)20-15-6-4-3-5-7-16(15)21(17)20/h3-12,15,23H,1-2H3. The lowest BCUT2D eigenvalue weighted by Crippen LogP contribution is -2.17. The van der Waals surface area contributed by atoms with Gasteiger partial charge < -0.3 is 4.18 Å². The van der Waals surface area contributed by atoms with Gasteiger partial charge in [-0.3, -0.25) is 0 Å². The molecular weight excluding hydrogens is 300 g/mol. The highest BCUT2D eigenvalue weighted by atomic mass is 32.1. The van der Waals surface area contributed by atoms with Crippen LogP contribution in [0.15, 0.2) is 60.7 Å². The number of thiol groups is 1. The summed E-state index contributed by atoms with van der Waals surface area (Å²) in [6.07, 6.45) is 10.9. The highest BCUT2D eigenvalue weighted by Gasteiger charge is 2.34. The first kappa shape index (κ1) is 14.4. The fourth-order valence-electron chi connectivity index (χ4n) is 3.61. The number of hydrogen-bond donors (Lipinski definition) is 1. The molecule has 0 bridgehead atoms. The molecule has 0 saturated carbocycles. The number of aryl methyl sites for hydroxylation is 2. The molecule has 2 aliphatic carbocycles. The number of fused-ring (bicyclic) bond motifs is 4. The Hall–Kier alpha value is -2.19. The quantitative estimate of drug-likeness (QED) is 0.544. The van der Waals surface area contributed by atoms with E-state index in [1.54, 1.807) is 0 Å². The Bertz CT molecular complexity index is 887. The van der Waals surface area contributed by atoms with E-state index in [2.05, 4.69) is 81.4 Å². The van der Waals surface area contributed by atoms with Gasteiger partial charge in [-0.05, 0) is 53.8 Å². The van der Waals surface area contributed by atoms with Crippen LogP contribution in [0.5, 0.6) is 5.75 Å². The summed E-state index contributed by atoms with van der Waals surface area (Å²) in [5.74, 6) is 1.21. The maximum absolute atomic E-state index is 5.31. The van der Waals surface area contributed by atoms with Crippen LogP contribution in [0.3, 0.4) is 0 Å². The molecule has 1 unspecified atom stereocenters. The van der Waals surface area contributed by atoms with Crippen molar-refractivity contribution in [3.8, 4) is 16.9 Å². The van der Waals surface area contributed by atoms with Gasteiger partial charge in [-0.1, -0.05) is 54.1 Å². The summed E-state index contributed by atoms with van der Waals surface area (Å²) < 4.78 is 5.31. The maximum atomic E-state index is 5.31. The van der Waals surface area contributed by atoms with Crippen molar-refractivity contribution in [2.75, 3.05) is 0 Å². The SMILES string of the molecule is Cc1ccc(OS)c(-c2ccc(C)c3c2C2=CC=CC=CC23)c1. The van der Waals surface area contributed by atoms with E-state index in [1.165, 1.54) is 33.4 Å². The minimum Gasteiger partial charge on any atom is -0.428 e. The lowest BCUT2D eigenvalue weighted by molar-refractivity contribution is 0.661. The van der Waals surface area contributed by atoms with Gasteiger partial charge in [-0.2, -0.15) is 0 Å². The van der Waals surface area contributed by atoms with Gasteiger partial charge in [0.2, 0.25) is 0 Å². The van der Waals surface area contributed by atoms with Gasteiger partial charge in [0, 0.05) is 24.4 Å². The second-order valence-corrected chi connectivity index (χ2v) is 6.36. The highest BCUT2D eigenvalue weighted by Crippen LogP contribution is 2.54. The Morgan fingerprint density at radius 3 is 2.65 bits per heavy atom. The van der Waals surface area contributed by atoms with Crippen LogP contribution in [0.1, 0.15) is 28.2 Å². The normalized spacial score (nSPS) is 17.7. The van der Waals surface area contributed by atoms with Crippen molar-refractivity contribution < 1.29 is 4.18 Å². The van der Waals surface area contributed by atoms with Gasteiger partial charge in [0.1, 0.15) is 5.75 Å². The zero-order valence-electron chi connectivity index (χ0n) is 13.2. The van der Waals surface area contributed by atoms with E-state index in [-0.39, 0.29) is 0 Å². The van der Waals surface area contributed by atoms with Crippen LogP contribution in [-0.2, 0) is 0 Å². The van der Waals surface area contributed by atoms with Crippen LogP contribution >= 0.6 is 12.9 Å². The Morgan fingerprint density at radius 1 is 0.957 bits per heavy atom. The van der Waals surface area contributed by atoms with E-state index in [9.17, 15) is 0 Å². The molecule has 0 N–H and O–H groups in total. The third-order valence-electron chi connectivity index (χ3n) is 4.72. The van der Waals surface area contributed by atoms with Crippen molar-refractivity contribution in [3.05, 3.63) is 83.0 Å². The summed E-state index contributed by atoms with van der Waals surface area (Å²) in [4.78, 5) is 0. The minimum atomic E-state index is 0.408. The second kappa shape index (κ2) is 5.47. The van der Waals surface area contributed by atoms with E-state index in [0.29, 0.717) is 5.92 Å². The molecule has 2 aliphatic rings. The van der Waals surface area contributed by atoms with Crippen LogP contribution in [0, 0.1) is 13.8 Å². The lowest BCUT2D eigenvalue weighted by Gasteiger charge is -2.35. The molecule has 0 aromatic heterocycles. The van der Waals surface area contributed by atoms with Gasteiger partial charge >= 0.3 is 0 Å². The molecule has 0 fully saturated rings. The number of rotatable bonds is 2. The minimum absolute atomic E-state index is 0.408.